The van der Waals surface area contributed by atoms with E-state index in [2.05, 4.69) is 6.58 Å². The Morgan fingerprint density at radius 1 is 1.16 bits per heavy atom. The molecule has 0 radical (unpaired) electrons. The summed E-state index contributed by atoms with van der Waals surface area (Å²) in [5.74, 6) is 0.236. The highest BCUT2D eigenvalue weighted by molar-refractivity contribution is 5.55. The molecule has 1 aliphatic carbocycles. The average molecular weight is 260 g/mol. The van der Waals surface area contributed by atoms with Crippen LogP contribution in [0.5, 0.6) is 5.75 Å². The fraction of sp³-hybridized carbons (Fsp3) is 0.529. The van der Waals surface area contributed by atoms with E-state index in [0.29, 0.717) is 6.10 Å². The summed E-state index contributed by atoms with van der Waals surface area (Å²) < 4.78 is 12.2. The molecule has 1 aromatic carbocycles. The molecule has 0 spiro atoms. The quantitative estimate of drug-likeness (QED) is 0.708. The maximum absolute atomic E-state index is 6.13. The Balaban J connectivity index is 2.01. The number of rotatable bonds is 5. The Hall–Kier alpha value is -1.28. The summed E-state index contributed by atoms with van der Waals surface area (Å²) in [5, 5.41) is 0. The van der Waals surface area contributed by atoms with E-state index < -0.39 is 5.79 Å². The Morgan fingerprint density at radius 3 is 2.53 bits per heavy atom. The van der Waals surface area contributed by atoms with Crippen LogP contribution in [-0.2, 0) is 4.74 Å². The molecule has 0 heterocycles. The molecule has 0 N–H and O–H groups in total. The first-order chi connectivity index (χ1) is 9.11. The van der Waals surface area contributed by atoms with E-state index in [1.807, 2.05) is 44.2 Å². The van der Waals surface area contributed by atoms with E-state index >= 15 is 0 Å². The average Bonchev–Trinajstić information content (AvgIpc) is 2.39. The van der Waals surface area contributed by atoms with Crippen LogP contribution in [0.4, 0.5) is 0 Å². The molecule has 0 bridgehead atoms. The largest absolute Gasteiger partial charge is 0.462 e. The minimum absolute atomic E-state index is 0.333. The third-order valence-electron chi connectivity index (χ3n) is 3.50. The SMILES string of the molecule is C=Cc1ccccc1OC(C)(C)OC1CCCCC1. The van der Waals surface area contributed by atoms with Gasteiger partial charge in [-0.05, 0) is 18.9 Å². The van der Waals surface area contributed by atoms with E-state index in [9.17, 15) is 0 Å². The zero-order chi connectivity index (χ0) is 13.7. The van der Waals surface area contributed by atoms with Crippen LogP contribution < -0.4 is 4.74 Å². The van der Waals surface area contributed by atoms with Gasteiger partial charge in [-0.15, -0.1) is 0 Å². The molecule has 2 nitrogen and oxygen atoms in total. The van der Waals surface area contributed by atoms with Crippen molar-refractivity contribution in [1.82, 2.24) is 0 Å². The monoisotopic (exact) mass is 260 g/mol. The van der Waals surface area contributed by atoms with Crippen LogP contribution in [0, 0.1) is 0 Å². The summed E-state index contributed by atoms with van der Waals surface area (Å²) in [6.45, 7) is 7.79. The summed E-state index contributed by atoms with van der Waals surface area (Å²) in [6.07, 6.45) is 8.31. The van der Waals surface area contributed by atoms with E-state index in [1.54, 1.807) is 0 Å². The lowest BCUT2D eigenvalue weighted by Crippen LogP contribution is -2.37. The molecule has 0 amide bonds. The van der Waals surface area contributed by atoms with Gasteiger partial charge in [0.05, 0.1) is 6.10 Å². The molecule has 2 rings (SSSR count). The minimum atomic E-state index is -0.596. The van der Waals surface area contributed by atoms with Crippen LogP contribution in [0.15, 0.2) is 30.8 Å². The van der Waals surface area contributed by atoms with Crippen molar-refractivity contribution in [1.29, 1.82) is 0 Å². The van der Waals surface area contributed by atoms with Gasteiger partial charge in [0.1, 0.15) is 5.75 Å². The van der Waals surface area contributed by atoms with Gasteiger partial charge in [-0.1, -0.05) is 50.1 Å². The normalized spacial score (nSPS) is 17.2. The molecule has 1 aromatic rings. The molecule has 0 unspecified atom stereocenters. The smallest absolute Gasteiger partial charge is 0.205 e. The first-order valence-electron chi connectivity index (χ1n) is 7.19. The fourth-order valence-corrected chi connectivity index (χ4v) is 2.62. The standard InChI is InChI=1S/C17H24O2/c1-4-14-10-8-9-13-16(14)19-17(2,3)18-15-11-6-5-7-12-15/h4,8-10,13,15H,1,5-7,11-12H2,2-3H3. The van der Waals surface area contributed by atoms with Crippen LogP contribution in [0.3, 0.4) is 0 Å². The fourth-order valence-electron chi connectivity index (χ4n) is 2.62. The molecule has 1 aliphatic rings. The van der Waals surface area contributed by atoms with Crippen molar-refractivity contribution < 1.29 is 9.47 Å². The molecule has 1 fully saturated rings. The predicted molar refractivity (Wildman–Crippen MR) is 79.2 cm³/mol. The van der Waals surface area contributed by atoms with Crippen LogP contribution in [-0.4, -0.2) is 11.9 Å². The molecule has 19 heavy (non-hydrogen) atoms. The maximum atomic E-state index is 6.13. The molecule has 2 heteroatoms. The molecule has 1 saturated carbocycles. The topological polar surface area (TPSA) is 18.5 Å². The zero-order valence-corrected chi connectivity index (χ0v) is 12.0. The highest BCUT2D eigenvalue weighted by atomic mass is 16.7. The van der Waals surface area contributed by atoms with E-state index in [1.165, 1.54) is 19.3 Å². The van der Waals surface area contributed by atoms with Gasteiger partial charge in [-0.25, -0.2) is 0 Å². The lowest BCUT2D eigenvalue weighted by Gasteiger charge is -2.33. The van der Waals surface area contributed by atoms with E-state index in [0.717, 1.165) is 24.2 Å². The molecular weight excluding hydrogens is 236 g/mol. The summed E-state index contributed by atoms with van der Waals surface area (Å²) in [5.41, 5.74) is 1.00. The second kappa shape index (κ2) is 6.25. The first-order valence-corrected chi connectivity index (χ1v) is 7.19. The third kappa shape index (κ3) is 4.10. The molecule has 0 saturated heterocycles. The van der Waals surface area contributed by atoms with Crippen molar-refractivity contribution in [3.63, 3.8) is 0 Å². The lowest BCUT2D eigenvalue weighted by molar-refractivity contribution is -0.193. The molecule has 0 aliphatic heterocycles. The lowest BCUT2D eigenvalue weighted by atomic mass is 9.97. The molecule has 0 aromatic heterocycles. The van der Waals surface area contributed by atoms with Crippen molar-refractivity contribution in [2.45, 2.75) is 57.8 Å². The summed E-state index contributed by atoms with van der Waals surface area (Å²) in [6, 6.07) is 7.92. The minimum Gasteiger partial charge on any atom is -0.462 e. The second-order valence-corrected chi connectivity index (χ2v) is 5.62. The van der Waals surface area contributed by atoms with Gasteiger partial charge in [-0.2, -0.15) is 0 Å². The molecular formula is C17H24O2. The van der Waals surface area contributed by atoms with Gasteiger partial charge in [-0.3, -0.25) is 0 Å². The zero-order valence-electron chi connectivity index (χ0n) is 12.0. The second-order valence-electron chi connectivity index (χ2n) is 5.62. The van der Waals surface area contributed by atoms with Gasteiger partial charge in [0.25, 0.3) is 0 Å². The highest BCUT2D eigenvalue weighted by Gasteiger charge is 2.27. The van der Waals surface area contributed by atoms with Gasteiger partial charge in [0.2, 0.25) is 5.79 Å². The molecule has 0 atom stereocenters. The van der Waals surface area contributed by atoms with E-state index in [4.69, 9.17) is 9.47 Å². The van der Waals surface area contributed by atoms with Gasteiger partial charge in [0, 0.05) is 19.4 Å². The van der Waals surface area contributed by atoms with Crippen molar-refractivity contribution >= 4 is 6.08 Å². The Bertz CT molecular complexity index is 417. The van der Waals surface area contributed by atoms with Crippen LogP contribution in [0.2, 0.25) is 0 Å². The van der Waals surface area contributed by atoms with Crippen molar-refractivity contribution in [2.24, 2.45) is 0 Å². The first kappa shape index (κ1) is 14.1. The Morgan fingerprint density at radius 2 is 1.84 bits per heavy atom. The number of benzene rings is 1. The number of hydrogen-bond acceptors (Lipinski definition) is 2. The molecule has 104 valence electrons. The van der Waals surface area contributed by atoms with Crippen LogP contribution in [0.1, 0.15) is 51.5 Å². The van der Waals surface area contributed by atoms with Crippen molar-refractivity contribution in [3.05, 3.63) is 36.4 Å². The van der Waals surface area contributed by atoms with Gasteiger partial charge >= 0.3 is 0 Å². The number of ether oxygens (including phenoxy) is 2. The number of para-hydroxylation sites is 1. The third-order valence-corrected chi connectivity index (χ3v) is 3.50. The van der Waals surface area contributed by atoms with Crippen molar-refractivity contribution in [3.8, 4) is 5.75 Å². The van der Waals surface area contributed by atoms with Gasteiger partial charge in [0.15, 0.2) is 0 Å². The van der Waals surface area contributed by atoms with Crippen LogP contribution in [0.25, 0.3) is 6.08 Å². The Labute approximate surface area is 116 Å². The van der Waals surface area contributed by atoms with Gasteiger partial charge < -0.3 is 9.47 Å². The Kier molecular flexibility index (Phi) is 4.65. The highest BCUT2D eigenvalue weighted by Crippen LogP contribution is 2.29. The van der Waals surface area contributed by atoms with Crippen LogP contribution >= 0.6 is 0 Å². The van der Waals surface area contributed by atoms with Crippen molar-refractivity contribution in [2.75, 3.05) is 0 Å². The predicted octanol–water partition coefficient (Wildman–Crippen LogP) is 4.79. The summed E-state index contributed by atoms with van der Waals surface area (Å²) in [7, 11) is 0. The summed E-state index contributed by atoms with van der Waals surface area (Å²) >= 11 is 0. The van der Waals surface area contributed by atoms with E-state index in [-0.39, 0.29) is 0 Å². The number of hydrogen-bond donors (Lipinski definition) is 0. The summed E-state index contributed by atoms with van der Waals surface area (Å²) in [4.78, 5) is 0. The maximum Gasteiger partial charge on any atom is 0.205 e.